The van der Waals surface area contributed by atoms with E-state index in [4.69, 9.17) is 0 Å². The van der Waals surface area contributed by atoms with Gasteiger partial charge in [0.1, 0.15) is 0 Å². The first kappa shape index (κ1) is 15.8. The van der Waals surface area contributed by atoms with Gasteiger partial charge in [0, 0.05) is 0 Å². The normalized spacial score (nSPS) is 12.9. The number of hydrogen-bond donors (Lipinski definition) is 0. The van der Waals surface area contributed by atoms with Crippen molar-refractivity contribution in [2.45, 2.75) is 51.5 Å². The van der Waals surface area contributed by atoms with Crippen LogP contribution in [0.3, 0.4) is 0 Å². The molecule has 92 valence electrons. The van der Waals surface area contributed by atoms with Gasteiger partial charge < -0.3 is 0 Å². The molecule has 16 heavy (non-hydrogen) atoms. The minimum atomic E-state index is -1.19. The molecule has 0 aliphatic rings. The summed E-state index contributed by atoms with van der Waals surface area (Å²) in [7, 11) is 0. The number of nitrogens with zero attached hydrogens (tertiary/aromatic N) is 2. The third-order valence-corrected chi connectivity index (χ3v) is 6.56. The Hall–Kier alpha value is -0.154. The molecule has 0 N–H and O–H groups in total. The Kier molecular flexibility index (Phi) is 8.85. The van der Waals surface area contributed by atoms with Gasteiger partial charge in [-0.25, -0.2) is 0 Å². The quantitative estimate of drug-likeness (QED) is 0.513. The second-order valence-electron chi connectivity index (χ2n) is 4.60. The number of hydrogen-bond acceptors (Lipinski definition) is 2. The molecule has 0 radical (unpaired) electrons. The van der Waals surface area contributed by atoms with Crippen molar-refractivity contribution in [2.75, 3.05) is 13.1 Å². The summed E-state index contributed by atoms with van der Waals surface area (Å²) in [5.74, 6) is 0. The van der Waals surface area contributed by atoms with Gasteiger partial charge in [-0.3, -0.25) is 0 Å². The SMILES string of the molecule is CCCN=C(C)/C=C(/C)[N](CCC)[Ga]([CH3])[CH3]. The van der Waals surface area contributed by atoms with Gasteiger partial charge in [0.25, 0.3) is 0 Å². The maximum absolute atomic E-state index is 4.52. The monoisotopic (exact) mass is 280 g/mol. The third kappa shape index (κ3) is 6.43. The number of rotatable bonds is 7. The summed E-state index contributed by atoms with van der Waals surface area (Å²) in [6, 6.07) is 0. The van der Waals surface area contributed by atoms with E-state index in [2.05, 4.69) is 53.3 Å². The summed E-state index contributed by atoms with van der Waals surface area (Å²) in [4.78, 5) is 4.52. The Morgan fingerprint density at radius 3 is 2.25 bits per heavy atom. The fourth-order valence-electron chi connectivity index (χ4n) is 1.80. The van der Waals surface area contributed by atoms with Crippen LogP contribution in [0.2, 0.25) is 11.0 Å². The van der Waals surface area contributed by atoms with Crippen LogP contribution in [-0.2, 0) is 0 Å². The average molecular weight is 281 g/mol. The van der Waals surface area contributed by atoms with E-state index in [1.165, 1.54) is 24.4 Å². The third-order valence-electron chi connectivity index (χ3n) is 2.54. The van der Waals surface area contributed by atoms with Crippen molar-refractivity contribution >= 4 is 22.2 Å². The van der Waals surface area contributed by atoms with Gasteiger partial charge in [0.05, 0.1) is 0 Å². The first-order valence-electron chi connectivity index (χ1n) is 6.48. The zero-order valence-corrected chi connectivity index (χ0v) is 14.3. The molecule has 0 aromatic carbocycles. The van der Waals surface area contributed by atoms with Gasteiger partial charge in [0.2, 0.25) is 0 Å². The maximum atomic E-state index is 4.52. The molecule has 0 atom stereocenters. The molecule has 0 saturated carbocycles. The van der Waals surface area contributed by atoms with Crippen LogP contribution in [-0.4, -0.2) is 38.9 Å². The molecule has 0 unspecified atom stereocenters. The molecule has 2 nitrogen and oxygen atoms in total. The van der Waals surface area contributed by atoms with Crippen LogP contribution in [0.1, 0.15) is 40.5 Å². The molecule has 0 heterocycles. The van der Waals surface area contributed by atoms with Crippen molar-refractivity contribution in [2.24, 2.45) is 4.99 Å². The van der Waals surface area contributed by atoms with Crippen molar-refractivity contribution in [3.63, 3.8) is 0 Å². The van der Waals surface area contributed by atoms with E-state index in [-0.39, 0.29) is 0 Å². The van der Waals surface area contributed by atoms with Gasteiger partial charge in [-0.05, 0) is 0 Å². The summed E-state index contributed by atoms with van der Waals surface area (Å²) in [6.45, 7) is 10.9. The number of aliphatic imine (C=N–C) groups is 1. The van der Waals surface area contributed by atoms with Crippen molar-refractivity contribution < 1.29 is 0 Å². The Morgan fingerprint density at radius 1 is 1.19 bits per heavy atom. The molecule has 0 rings (SSSR count). The number of allylic oxidation sites excluding steroid dienone is 2. The van der Waals surface area contributed by atoms with E-state index in [1.807, 2.05) is 0 Å². The topological polar surface area (TPSA) is 15.6 Å². The average Bonchev–Trinajstić information content (AvgIpc) is 2.22. The Bertz CT molecular complexity index is 244. The van der Waals surface area contributed by atoms with E-state index < -0.39 is 16.5 Å². The van der Waals surface area contributed by atoms with Crippen LogP contribution in [0, 0.1) is 0 Å². The molecule has 0 aromatic rings. The van der Waals surface area contributed by atoms with Crippen LogP contribution < -0.4 is 0 Å². The summed E-state index contributed by atoms with van der Waals surface area (Å²) in [6.07, 6.45) is 4.61. The predicted molar refractivity (Wildman–Crippen MR) is 76.5 cm³/mol. The van der Waals surface area contributed by atoms with Gasteiger partial charge in [-0.1, -0.05) is 0 Å². The molecule has 0 aliphatic heterocycles. The van der Waals surface area contributed by atoms with E-state index in [9.17, 15) is 0 Å². The van der Waals surface area contributed by atoms with Crippen LogP contribution in [0.25, 0.3) is 0 Å². The standard InChI is InChI=1S/C11H21N2.2CH3.Ga/c1-5-7-12-10(3)9-11(4)13-8-6-2;;;/h9H,5-8H2,1-4H3;2*1H3;/q-1;;;+1/b10-9-,13-11?;;;. The first-order chi connectivity index (χ1) is 7.52. The molecule has 0 spiro atoms. The molecular weight excluding hydrogens is 254 g/mol. The molecular formula is C13H27GaN2. The molecule has 0 fully saturated rings. The predicted octanol–water partition coefficient (Wildman–Crippen LogP) is 3.72. The fourth-order valence-corrected chi connectivity index (χ4v) is 5.29. The zero-order valence-electron chi connectivity index (χ0n) is 11.9. The van der Waals surface area contributed by atoms with E-state index in [0.717, 1.165) is 13.0 Å². The summed E-state index contributed by atoms with van der Waals surface area (Å²) in [5.41, 5.74) is 7.44. The Balaban J connectivity index is 4.58. The Morgan fingerprint density at radius 2 is 1.81 bits per heavy atom. The Labute approximate surface area is 107 Å². The van der Waals surface area contributed by atoms with Crippen LogP contribution >= 0.6 is 0 Å². The van der Waals surface area contributed by atoms with Gasteiger partial charge in [0.15, 0.2) is 0 Å². The van der Waals surface area contributed by atoms with Gasteiger partial charge in [-0.2, -0.15) is 0 Å². The van der Waals surface area contributed by atoms with E-state index in [0.29, 0.717) is 0 Å². The molecule has 0 aromatic heterocycles. The van der Waals surface area contributed by atoms with Gasteiger partial charge in [-0.15, -0.1) is 0 Å². The minimum absolute atomic E-state index is 0.951. The molecule has 0 bridgehead atoms. The molecule has 0 saturated heterocycles. The van der Waals surface area contributed by atoms with Crippen LogP contribution in [0.15, 0.2) is 16.8 Å². The van der Waals surface area contributed by atoms with Gasteiger partial charge >= 0.3 is 107 Å². The second-order valence-corrected chi connectivity index (χ2v) is 10.5. The van der Waals surface area contributed by atoms with Crippen molar-refractivity contribution in [1.29, 1.82) is 0 Å². The van der Waals surface area contributed by atoms with Crippen molar-refractivity contribution in [3.8, 4) is 0 Å². The fraction of sp³-hybridized carbons (Fsp3) is 0.769. The first-order valence-corrected chi connectivity index (χ1v) is 12.4. The van der Waals surface area contributed by atoms with Crippen molar-refractivity contribution in [3.05, 3.63) is 11.8 Å². The molecule has 0 amide bonds. The van der Waals surface area contributed by atoms with E-state index in [1.54, 1.807) is 0 Å². The summed E-state index contributed by atoms with van der Waals surface area (Å²) in [5, 5.41) is 0. The second kappa shape index (κ2) is 8.94. The summed E-state index contributed by atoms with van der Waals surface area (Å²) < 4.78 is 2.62. The molecule has 0 aliphatic carbocycles. The van der Waals surface area contributed by atoms with Crippen LogP contribution in [0.5, 0.6) is 0 Å². The summed E-state index contributed by atoms with van der Waals surface area (Å²) >= 11 is -1.19. The van der Waals surface area contributed by atoms with Crippen molar-refractivity contribution in [1.82, 2.24) is 3.61 Å². The zero-order chi connectivity index (χ0) is 12.6. The van der Waals surface area contributed by atoms with Crippen LogP contribution in [0.4, 0.5) is 0 Å². The van der Waals surface area contributed by atoms with E-state index >= 15 is 0 Å². The molecule has 3 heteroatoms.